The molecule has 1 aromatic carbocycles. The predicted octanol–water partition coefficient (Wildman–Crippen LogP) is 5.98. The van der Waals surface area contributed by atoms with E-state index >= 15 is 0 Å². The smallest absolute Gasteiger partial charge is 0.308 e. The zero-order valence-corrected chi connectivity index (χ0v) is 18.7. The molecular formula is C25H38O5. The molecule has 1 aliphatic rings. The van der Waals surface area contributed by atoms with Crippen molar-refractivity contribution in [1.29, 1.82) is 0 Å². The molecule has 1 aromatic rings. The minimum atomic E-state index is -1.75. The molecule has 0 aromatic heterocycles. The van der Waals surface area contributed by atoms with E-state index in [9.17, 15) is 9.90 Å². The van der Waals surface area contributed by atoms with Gasteiger partial charge < -0.3 is 10.2 Å². The molecule has 0 radical (unpaired) electrons. The van der Waals surface area contributed by atoms with Crippen LogP contribution in [0.4, 0.5) is 0 Å². The van der Waals surface area contributed by atoms with Gasteiger partial charge in [0.05, 0.1) is 0 Å². The van der Waals surface area contributed by atoms with E-state index in [2.05, 4.69) is 43.3 Å². The maximum absolute atomic E-state index is 11.0. The quantitative estimate of drug-likeness (QED) is 0.323. The Kier molecular flexibility index (Phi) is 9.53. The number of rotatable bonds is 12. The summed E-state index contributed by atoms with van der Waals surface area (Å²) in [4.78, 5) is 21.6. The van der Waals surface area contributed by atoms with E-state index in [1.807, 2.05) is 19.9 Å². The summed E-state index contributed by atoms with van der Waals surface area (Å²) in [6, 6.07) is 10.4. The van der Waals surface area contributed by atoms with Crippen LogP contribution in [-0.4, -0.2) is 27.6 Å². The van der Waals surface area contributed by atoms with Gasteiger partial charge in [0, 0.05) is 5.92 Å². The minimum Gasteiger partial charge on any atom is -0.481 e. The molecule has 0 aliphatic carbocycles. The highest BCUT2D eigenvalue weighted by Crippen LogP contribution is 2.41. The maximum Gasteiger partial charge on any atom is 0.308 e. The van der Waals surface area contributed by atoms with Gasteiger partial charge in [-0.2, -0.15) is 4.89 Å². The maximum atomic E-state index is 11.0. The highest BCUT2D eigenvalue weighted by molar-refractivity contribution is 5.67. The monoisotopic (exact) mass is 418 g/mol. The number of carboxylic acid groups (broad SMARTS) is 1. The number of hydrogen-bond acceptors (Lipinski definition) is 4. The topological polar surface area (TPSA) is 76.0 Å². The molecule has 2 N–H and O–H groups in total. The van der Waals surface area contributed by atoms with Crippen LogP contribution in [0.3, 0.4) is 0 Å². The average molecular weight is 419 g/mol. The van der Waals surface area contributed by atoms with Crippen molar-refractivity contribution in [2.45, 2.75) is 89.9 Å². The Hall–Kier alpha value is -1.69. The summed E-state index contributed by atoms with van der Waals surface area (Å²) in [5, 5.41) is 19.3. The van der Waals surface area contributed by atoms with Crippen molar-refractivity contribution >= 4 is 12.0 Å². The summed E-state index contributed by atoms with van der Waals surface area (Å²) >= 11 is 0. The van der Waals surface area contributed by atoms with Gasteiger partial charge >= 0.3 is 5.97 Å². The van der Waals surface area contributed by atoms with E-state index in [0.29, 0.717) is 12.3 Å². The fourth-order valence-corrected chi connectivity index (χ4v) is 4.37. The van der Waals surface area contributed by atoms with Gasteiger partial charge in [0.1, 0.15) is 12.0 Å². The van der Waals surface area contributed by atoms with Crippen molar-refractivity contribution in [2.75, 3.05) is 0 Å². The van der Waals surface area contributed by atoms with Crippen molar-refractivity contribution in [2.24, 2.45) is 11.8 Å². The van der Waals surface area contributed by atoms with Gasteiger partial charge in [-0.1, -0.05) is 82.0 Å². The molecule has 30 heavy (non-hydrogen) atoms. The average Bonchev–Trinajstić information content (AvgIpc) is 2.68. The molecule has 1 heterocycles. The van der Waals surface area contributed by atoms with E-state index in [1.54, 1.807) is 0 Å². The first-order chi connectivity index (χ1) is 14.2. The lowest BCUT2D eigenvalue weighted by Crippen LogP contribution is -2.52. The summed E-state index contributed by atoms with van der Waals surface area (Å²) in [6.45, 7) is 6.03. The van der Waals surface area contributed by atoms with E-state index < -0.39 is 23.8 Å². The van der Waals surface area contributed by atoms with Crippen molar-refractivity contribution in [3.63, 3.8) is 0 Å². The Morgan fingerprint density at radius 3 is 2.57 bits per heavy atom. The number of carbonyl (C=O) groups is 1. The molecule has 4 unspecified atom stereocenters. The lowest BCUT2D eigenvalue weighted by molar-refractivity contribution is -0.497. The number of hydrogen-bond donors (Lipinski definition) is 2. The van der Waals surface area contributed by atoms with Crippen LogP contribution in [0.15, 0.2) is 36.4 Å². The summed E-state index contributed by atoms with van der Waals surface area (Å²) < 4.78 is 0. The fourth-order valence-electron chi connectivity index (χ4n) is 4.37. The number of aliphatic carboxylic acids is 1. The van der Waals surface area contributed by atoms with Gasteiger partial charge in [-0.25, -0.2) is 4.89 Å². The molecule has 5 nitrogen and oxygen atoms in total. The molecule has 0 bridgehead atoms. The first kappa shape index (κ1) is 24.6. The molecule has 1 fully saturated rings. The molecule has 2 rings (SSSR count). The predicted molar refractivity (Wildman–Crippen MR) is 119 cm³/mol. The lowest BCUT2D eigenvalue weighted by atomic mass is 9.79. The van der Waals surface area contributed by atoms with Gasteiger partial charge in [-0.3, -0.25) is 4.79 Å². The van der Waals surface area contributed by atoms with Gasteiger partial charge in [0.2, 0.25) is 5.79 Å². The molecule has 0 amide bonds. The van der Waals surface area contributed by atoms with Crippen molar-refractivity contribution in [3.05, 3.63) is 42.0 Å². The van der Waals surface area contributed by atoms with Crippen LogP contribution in [0.1, 0.15) is 84.1 Å². The summed E-state index contributed by atoms with van der Waals surface area (Å²) in [5.74, 6) is -2.66. The van der Waals surface area contributed by atoms with E-state index in [-0.39, 0.29) is 5.92 Å². The number of allylic oxidation sites excluding steroid dienone is 1. The second-order valence-corrected chi connectivity index (χ2v) is 9.25. The van der Waals surface area contributed by atoms with Gasteiger partial charge in [-0.15, -0.1) is 0 Å². The van der Waals surface area contributed by atoms with Crippen molar-refractivity contribution in [1.82, 2.24) is 0 Å². The largest absolute Gasteiger partial charge is 0.481 e. The van der Waals surface area contributed by atoms with Crippen LogP contribution in [-0.2, 0) is 14.6 Å². The van der Waals surface area contributed by atoms with Crippen molar-refractivity contribution < 1.29 is 24.8 Å². The number of aliphatic hydroxyl groups is 1. The van der Waals surface area contributed by atoms with Gasteiger partial charge in [-0.05, 0) is 44.1 Å². The van der Waals surface area contributed by atoms with Crippen LogP contribution in [0.5, 0.6) is 0 Å². The third-order valence-electron chi connectivity index (χ3n) is 6.01. The Balaban J connectivity index is 1.60. The SMILES string of the molecule is CC(CCCCCCC=Cc1ccccc1)CC1(C)CC(C)C(O)(CC(=O)O)OO1. The highest BCUT2D eigenvalue weighted by atomic mass is 17.2. The number of carboxylic acids is 1. The Morgan fingerprint density at radius 1 is 1.20 bits per heavy atom. The first-order valence-electron chi connectivity index (χ1n) is 11.2. The summed E-state index contributed by atoms with van der Waals surface area (Å²) in [6.07, 6.45) is 12.5. The Bertz CT molecular complexity index is 673. The number of unbranched alkanes of at least 4 members (excludes halogenated alkanes) is 4. The van der Waals surface area contributed by atoms with Crippen LogP contribution in [0.25, 0.3) is 6.08 Å². The number of benzene rings is 1. The third kappa shape index (κ3) is 8.21. The van der Waals surface area contributed by atoms with Crippen LogP contribution >= 0.6 is 0 Å². The molecule has 0 saturated carbocycles. The second kappa shape index (κ2) is 11.6. The second-order valence-electron chi connectivity index (χ2n) is 9.25. The Labute approximate surface area is 181 Å². The zero-order chi connectivity index (χ0) is 22.0. The van der Waals surface area contributed by atoms with Gasteiger partial charge in [0.25, 0.3) is 0 Å². The van der Waals surface area contributed by atoms with E-state index in [1.165, 1.54) is 31.2 Å². The van der Waals surface area contributed by atoms with Crippen LogP contribution < -0.4 is 0 Å². The molecule has 168 valence electrons. The zero-order valence-electron chi connectivity index (χ0n) is 18.7. The van der Waals surface area contributed by atoms with Crippen LogP contribution in [0.2, 0.25) is 0 Å². The molecule has 1 saturated heterocycles. The Morgan fingerprint density at radius 2 is 1.90 bits per heavy atom. The van der Waals surface area contributed by atoms with Gasteiger partial charge in [0.15, 0.2) is 0 Å². The molecular weight excluding hydrogens is 380 g/mol. The molecule has 0 spiro atoms. The molecule has 5 heteroatoms. The summed E-state index contributed by atoms with van der Waals surface area (Å²) in [7, 11) is 0. The standard InChI is InChI=1S/C25H38O5/c1-20(13-9-6-4-5-7-10-14-22-15-11-8-12-16-22)17-24(3)18-21(2)25(28,30-29-24)19-23(26)27/h8,10-12,14-16,20-21,28H,4-7,9,13,17-19H2,1-3H3,(H,26,27). The van der Waals surface area contributed by atoms with Crippen LogP contribution in [0, 0.1) is 11.8 Å². The van der Waals surface area contributed by atoms with E-state index in [4.69, 9.17) is 14.9 Å². The normalized spacial score (nSPS) is 27.9. The third-order valence-corrected chi connectivity index (χ3v) is 6.01. The summed E-state index contributed by atoms with van der Waals surface area (Å²) in [5.41, 5.74) is 0.760. The van der Waals surface area contributed by atoms with Crippen molar-refractivity contribution in [3.8, 4) is 0 Å². The first-order valence-corrected chi connectivity index (χ1v) is 11.2. The minimum absolute atomic E-state index is 0.302. The van der Waals surface area contributed by atoms with E-state index in [0.717, 1.165) is 19.3 Å². The highest BCUT2D eigenvalue weighted by Gasteiger charge is 2.49. The lowest BCUT2D eigenvalue weighted by Gasteiger charge is -2.45. The molecule has 4 atom stereocenters. The fraction of sp³-hybridized carbons (Fsp3) is 0.640. The molecule has 1 aliphatic heterocycles.